The molecule has 1 aliphatic rings. The normalized spacial score (nSPS) is 20.0. The molecule has 25 heavy (non-hydrogen) atoms. The first-order valence-electron chi connectivity index (χ1n) is 7.38. The molecule has 0 radical (unpaired) electrons. The predicted octanol–water partition coefficient (Wildman–Crippen LogP) is 0.407. The summed E-state index contributed by atoms with van der Waals surface area (Å²) in [6.07, 6.45) is 3.34. The molecule has 1 amide bonds. The van der Waals surface area contributed by atoms with E-state index in [2.05, 4.69) is 25.8 Å². The first-order valence-corrected chi connectivity index (χ1v) is 7.38. The van der Waals surface area contributed by atoms with Gasteiger partial charge in [0.05, 0.1) is 42.6 Å². The summed E-state index contributed by atoms with van der Waals surface area (Å²) < 4.78 is 5.37. The van der Waals surface area contributed by atoms with Crippen LogP contribution in [0.15, 0.2) is 24.7 Å². The molecule has 2 atom stereocenters. The lowest BCUT2D eigenvalue weighted by Gasteiger charge is -2.30. The maximum absolute atomic E-state index is 11.2. The largest absolute Gasteiger partial charge is 0.465 e. The summed E-state index contributed by atoms with van der Waals surface area (Å²) in [7, 11) is 0. The minimum absolute atomic E-state index is 0.204. The van der Waals surface area contributed by atoms with E-state index >= 15 is 0 Å². The molecule has 0 saturated carbocycles. The zero-order valence-electron chi connectivity index (χ0n) is 12.9. The molecule has 2 aromatic rings. The zero-order valence-corrected chi connectivity index (χ0v) is 12.9. The van der Waals surface area contributed by atoms with Crippen molar-refractivity contribution in [2.75, 3.05) is 18.5 Å². The number of nitro groups is 1. The average molecular weight is 349 g/mol. The zero-order chi connectivity index (χ0) is 17.8. The summed E-state index contributed by atoms with van der Waals surface area (Å²) in [5, 5.41) is 33.3. The topological polar surface area (TPSA) is 157 Å². The molecule has 2 unspecified atom stereocenters. The third-order valence-electron chi connectivity index (χ3n) is 3.58. The van der Waals surface area contributed by atoms with Crippen molar-refractivity contribution >= 4 is 17.5 Å². The number of nitrogens with one attached hydrogen (secondary N) is 2. The van der Waals surface area contributed by atoms with Gasteiger partial charge in [0, 0.05) is 6.07 Å². The van der Waals surface area contributed by atoms with Gasteiger partial charge in [-0.15, -0.1) is 4.80 Å². The maximum Gasteiger partial charge on any atom is 0.404 e. The van der Waals surface area contributed by atoms with Gasteiger partial charge in [0.25, 0.3) is 0 Å². The Balaban J connectivity index is 1.81. The van der Waals surface area contributed by atoms with Crippen molar-refractivity contribution in [2.45, 2.75) is 18.5 Å². The highest BCUT2D eigenvalue weighted by Gasteiger charge is 2.26. The predicted molar refractivity (Wildman–Crippen MR) is 83.6 cm³/mol. The summed E-state index contributed by atoms with van der Waals surface area (Å²) in [5.74, 6) is 0.315. The van der Waals surface area contributed by atoms with Crippen molar-refractivity contribution in [3.05, 3.63) is 34.8 Å². The Morgan fingerprint density at radius 2 is 2.08 bits per heavy atom. The molecule has 12 heteroatoms. The van der Waals surface area contributed by atoms with Gasteiger partial charge in [0.15, 0.2) is 5.82 Å². The Morgan fingerprint density at radius 3 is 2.76 bits per heavy atom. The minimum Gasteiger partial charge on any atom is -0.465 e. The van der Waals surface area contributed by atoms with E-state index in [4.69, 9.17) is 9.84 Å². The average Bonchev–Trinajstić information content (AvgIpc) is 3.08. The molecule has 0 spiro atoms. The number of amides is 1. The molecule has 0 aromatic carbocycles. The second kappa shape index (κ2) is 7.09. The van der Waals surface area contributed by atoms with E-state index in [1.165, 1.54) is 23.3 Å². The molecule has 3 rings (SSSR count). The fraction of sp³-hybridized carbons (Fsp3) is 0.385. The Morgan fingerprint density at radius 1 is 1.36 bits per heavy atom. The number of hydrogen-bond acceptors (Lipinski definition) is 8. The number of hydrogen-bond donors (Lipinski definition) is 3. The minimum atomic E-state index is -1.14. The number of ether oxygens (including phenoxy) is 1. The quantitative estimate of drug-likeness (QED) is 0.513. The SMILES string of the molecule is O=C(O)NC1COCC(Nc2cc(-n3nccn3)ncc2[N+](=O)[O-])C1. The van der Waals surface area contributed by atoms with E-state index in [0.717, 1.165) is 6.20 Å². The summed E-state index contributed by atoms with van der Waals surface area (Å²) in [4.78, 5) is 26.7. The number of anilines is 1. The first kappa shape index (κ1) is 16.6. The molecule has 0 aliphatic carbocycles. The molecule has 0 bridgehead atoms. The van der Waals surface area contributed by atoms with Gasteiger partial charge in [-0.3, -0.25) is 10.1 Å². The molecule has 1 aliphatic heterocycles. The van der Waals surface area contributed by atoms with Gasteiger partial charge in [-0.05, 0) is 6.42 Å². The van der Waals surface area contributed by atoms with Crippen LogP contribution in [-0.4, -0.2) is 61.4 Å². The smallest absolute Gasteiger partial charge is 0.404 e. The fourth-order valence-electron chi connectivity index (χ4n) is 2.57. The van der Waals surface area contributed by atoms with Crippen LogP contribution >= 0.6 is 0 Å². The van der Waals surface area contributed by atoms with Crippen LogP contribution in [0.4, 0.5) is 16.2 Å². The lowest BCUT2D eigenvalue weighted by Crippen LogP contribution is -2.46. The van der Waals surface area contributed by atoms with E-state index in [1.807, 2.05) is 0 Å². The van der Waals surface area contributed by atoms with Crippen LogP contribution in [0.5, 0.6) is 0 Å². The number of carbonyl (C=O) groups is 1. The number of rotatable bonds is 5. The van der Waals surface area contributed by atoms with Gasteiger partial charge in [-0.1, -0.05) is 0 Å². The molecular formula is C13H15N7O5. The van der Waals surface area contributed by atoms with Crippen LogP contribution in [0.1, 0.15) is 6.42 Å². The summed E-state index contributed by atoms with van der Waals surface area (Å²) in [6, 6.07) is 0.772. The van der Waals surface area contributed by atoms with Crippen molar-refractivity contribution in [1.29, 1.82) is 0 Å². The summed E-state index contributed by atoms with van der Waals surface area (Å²) in [5.41, 5.74) is 0.0288. The number of carboxylic acid groups (broad SMARTS) is 1. The molecule has 1 saturated heterocycles. The second-order valence-electron chi connectivity index (χ2n) is 5.40. The maximum atomic E-state index is 11.2. The first-order chi connectivity index (χ1) is 12.0. The molecule has 12 nitrogen and oxygen atoms in total. The molecule has 1 fully saturated rings. The molecule has 3 N–H and O–H groups in total. The van der Waals surface area contributed by atoms with Gasteiger partial charge in [0.2, 0.25) is 0 Å². The van der Waals surface area contributed by atoms with Gasteiger partial charge >= 0.3 is 11.8 Å². The van der Waals surface area contributed by atoms with Crippen LogP contribution < -0.4 is 10.6 Å². The molecule has 132 valence electrons. The van der Waals surface area contributed by atoms with Crippen LogP contribution in [0.25, 0.3) is 5.82 Å². The standard InChI is InChI=1S/C13H15N7O5/c21-13(22)18-9-3-8(6-25-7-9)17-10-4-12(19-15-1-2-16-19)14-5-11(10)20(23)24/h1-2,4-5,8-9,18H,3,6-7H2,(H,14,17)(H,21,22). The van der Waals surface area contributed by atoms with Crippen molar-refractivity contribution < 1.29 is 19.6 Å². The molecule has 3 heterocycles. The Kier molecular flexibility index (Phi) is 4.70. The van der Waals surface area contributed by atoms with E-state index in [0.29, 0.717) is 18.8 Å². The van der Waals surface area contributed by atoms with Crippen molar-refractivity contribution in [3.63, 3.8) is 0 Å². The van der Waals surface area contributed by atoms with E-state index < -0.39 is 17.1 Å². The molecule has 2 aromatic heterocycles. The second-order valence-corrected chi connectivity index (χ2v) is 5.40. The number of aromatic nitrogens is 4. The van der Waals surface area contributed by atoms with Crippen LogP contribution in [0.3, 0.4) is 0 Å². The number of nitrogens with zero attached hydrogens (tertiary/aromatic N) is 5. The van der Waals surface area contributed by atoms with E-state index in [1.54, 1.807) is 0 Å². The summed E-state index contributed by atoms with van der Waals surface area (Å²) >= 11 is 0. The van der Waals surface area contributed by atoms with E-state index in [-0.39, 0.29) is 24.0 Å². The third kappa shape index (κ3) is 3.98. The van der Waals surface area contributed by atoms with Crippen LogP contribution in [0, 0.1) is 10.1 Å². The van der Waals surface area contributed by atoms with Crippen LogP contribution in [-0.2, 0) is 4.74 Å². The third-order valence-corrected chi connectivity index (χ3v) is 3.58. The molecular weight excluding hydrogens is 334 g/mol. The highest BCUT2D eigenvalue weighted by Crippen LogP contribution is 2.27. The van der Waals surface area contributed by atoms with Gasteiger partial charge in [0.1, 0.15) is 11.9 Å². The van der Waals surface area contributed by atoms with Crippen molar-refractivity contribution in [2.24, 2.45) is 0 Å². The lowest BCUT2D eigenvalue weighted by molar-refractivity contribution is -0.384. The van der Waals surface area contributed by atoms with Crippen LogP contribution in [0.2, 0.25) is 0 Å². The monoisotopic (exact) mass is 349 g/mol. The lowest BCUT2D eigenvalue weighted by atomic mass is 10.1. The fourth-order valence-corrected chi connectivity index (χ4v) is 2.57. The van der Waals surface area contributed by atoms with Gasteiger partial charge < -0.3 is 20.5 Å². The Labute approximate surface area is 141 Å². The van der Waals surface area contributed by atoms with Crippen molar-refractivity contribution in [3.8, 4) is 5.82 Å². The number of pyridine rings is 1. The Bertz CT molecular complexity index is 766. The Hall–Kier alpha value is -3.28. The van der Waals surface area contributed by atoms with Gasteiger partial charge in [-0.2, -0.15) is 10.2 Å². The highest BCUT2D eigenvalue weighted by atomic mass is 16.6. The van der Waals surface area contributed by atoms with E-state index in [9.17, 15) is 14.9 Å². The van der Waals surface area contributed by atoms with Crippen molar-refractivity contribution in [1.82, 2.24) is 25.3 Å². The highest BCUT2D eigenvalue weighted by molar-refractivity contribution is 5.65. The van der Waals surface area contributed by atoms with Gasteiger partial charge in [-0.25, -0.2) is 9.78 Å². The summed E-state index contributed by atoms with van der Waals surface area (Å²) in [6.45, 7) is 0.554.